The normalized spacial score (nSPS) is 24.6. The molecule has 2 nitrogen and oxygen atoms in total. The van der Waals surface area contributed by atoms with Gasteiger partial charge in [-0.3, -0.25) is 0 Å². The minimum absolute atomic E-state index is 0.389. The highest BCUT2D eigenvalue weighted by Crippen LogP contribution is 2.24. The number of aliphatic hydroxyl groups is 1. The summed E-state index contributed by atoms with van der Waals surface area (Å²) in [6.45, 7) is 5.18. The zero-order valence-corrected chi connectivity index (χ0v) is 12.9. The van der Waals surface area contributed by atoms with Crippen molar-refractivity contribution in [3.05, 3.63) is 35.4 Å². The quantitative estimate of drug-likeness (QED) is 0.826. The van der Waals surface area contributed by atoms with Crippen LogP contribution in [-0.2, 0) is 6.42 Å². The molecule has 2 rings (SSSR count). The number of aryl methyl sites for hydroxylation is 1. The van der Waals surface area contributed by atoms with Crippen LogP contribution in [0, 0.1) is 5.92 Å². The van der Waals surface area contributed by atoms with Crippen LogP contribution in [0.4, 0.5) is 0 Å². The Bertz CT molecular complexity index is 387. The Morgan fingerprint density at radius 1 is 1.20 bits per heavy atom. The third-order valence-electron chi connectivity index (χ3n) is 4.59. The van der Waals surface area contributed by atoms with Crippen LogP contribution >= 0.6 is 0 Å². The van der Waals surface area contributed by atoms with Gasteiger partial charge in [-0.15, -0.1) is 0 Å². The molecule has 0 spiro atoms. The van der Waals surface area contributed by atoms with Gasteiger partial charge in [-0.2, -0.15) is 0 Å². The summed E-state index contributed by atoms with van der Waals surface area (Å²) >= 11 is 0. The van der Waals surface area contributed by atoms with E-state index in [0.29, 0.717) is 12.6 Å². The Hall–Kier alpha value is -0.860. The predicted octanol–water partition coefficient (Wildman–Crippen LogP) is 3.84. The molecule has 0 heterocycles. The van der Waals surface area contributed by atoms with Gasteiger partial charge in [-0.05, 0) is 36.3 Å². The third-order valence-corrected chi connectivity index (χ3v) is 4.59. The van der Waals surface area contributed by atoms with Gasteiger partial charge in [0.25, 0.3) is 0 Å². The van der Waals surface area contributed by atoms with Gasteiger partial charge >= 0.3 is 0 Å². The number of benzene rings is 1. The summed E-state index contributed by atoms with van der Waals surface area (Å²) in [5, 5.41) is 13.9. The van der Waals surface area contributed by atoms with E-state index in [4.69, 9.17) is 0 Å². The van der Waals surface area contributed by atoms with Gasteiger partial charge in [0.1, 0.15) is 0 Å². The van der Waals surface area contributed by atoms with Crippen molar-refractivity contribution in [2.45, 2.75) is 64.5 Å². The van der Waals surface area contributed by atoms with Gasteiger partial charge in [0.2, 0.25) is 0 Å². The molecular weight excluding hydrogens is 246 g/mol. The topological polar surface area (TPSA) is 32.3 Å². The highest BCUT2D eigenvalue weighted by Gasteiger charge is 2.21. The summed E-state index contributed by atoms with van der Waals surface area (Å²) in [6, 6.07) is 9.01. The van der Waals surface area contributed by atoms with Crippen LogP contribution in [-0.4, -0.2) is 17.7 Å². The maximum absolute atomic E-state index is 10.3. The van der Waals surface area contributed by atoms with Gasteiger partial charge in [-0.25, -0.2) is 0 Å². The first-order valence-electron chi connectivity index (χ1n) is 8.21. The Labute approximate surface area is 123 Å². The lowest BCUT2D eigenvalue weighted by molar-refractivity contribution is 0.157. The van der Waals surface area contributed by atoms with Crippen molar-refractivity contribution in [1.29, 1.82) is 0 Å². The molecule has 0 radical (unpaired) electrons. The lowest BCUT2D eigenvalue weighted by Crippen LogP contribution is -2.39. The van der Waals surface area contributed by atoms with Crippen LogP contribution in [0.15, 0.2) is 24.3 Å². The summed E-state index contributed by atoms with van der Waals surface area (Å²) in [5.74, 6) is 0.739. The summed E-state index contributed by atoms with van der Waals surface area (Å²) in [5.41, 5.74) is 2.39. The van der Waals surface area contributed by atoms with Crippen molar-refractivity contribution in [1.82, 2.24) is 5.32 Å². The smallest absolute Gasteiger partial charge is 0.0914 e. The van der Waals surface area contributed by atoms with Gasteiger partial charge in [0, 0.05) is 12.6 Å². The molecule has 20 heavy (non-hydrogen) atoms. The van der Waals surface area contributed by atoms with Crippen molar-refractivity contribution in [3.8, 4) is 0 Å². The third kappa shape index (κ3) is 4.32. The zero-order valence-electron chi connectivity index (χ0n) is 12.9. The average molecular weight is 275 g/mol. The average Bonchev–Trinajstić information content (AvgIpc) is 2.47. The standard InChI is InChI=1S/C18H29NO/c1-3-6-15-9-11-16(12-10-15)18(20)13-19-17-8-5-4-7-14(17)2/h9-12,14,17-20H,3-8,13H2,1-2H3. The first-order valence-corrected chi connectivity index (χ1v) is 8.21. The molecular formula is C18H29NO. The summed E-state index contributed by atoms with van der Waals surface area (Å²) in [7, 11) is 0. The summed E-state index contributed by atoms with van der Waals surface area (Å²) in [6.07, 6.45) is 7.16. The lowest BCUT2D eigenvalue weighted by Gasteiger charge is -2.30. The largest absolute Gasteiger partial charge is 0.387 e. The first kappa shape index (κ1) is 15.5. The van der Waals surface area contributed by atoms with E-state index in [-0.39, 0.29) is 6.10 Å². The maximum atomic E-state index is 10.3. The van der Waals surface area contributed by atoms with E-state index < -0.39 is 0 Å². The van der Waals surface area contributed by atoms with Crippen LogP contribution in [0.3, 0.4) is 0 Å². The van der Waals surface area contributed by atoms with E-state index in [9.17, 15) is 5.11 Å². The molecule has 1 aliphatic carbocycles. The Morgan fingerprint density at radius 3 is 2.55 bits per heavy atom. The molecule has 0 saturated heterocycles. The van der Waals surface area contributed by atoms with Crippen molar-refractivity contribution < 1.29 is 5.11 Å². The molecule has 1 aromatic rings. The fourth-order valence-corrected chi connectivity index (χ4v) is 3.20. The fraction of sp³-hybridized carbons (Fsp3) is 0.667. The zero-order chi connectivity index (χ0) is 14.4. The number of hydrogen-bond donors (Lipinski definition) is 2. The second kappa shape index (κ2) is 7.80. The van der Waals surface area contributed by atoms with E-state index >= 15 is 0 Å². The van der Waals surface area contributed by atoms with E-state index in [2.05, 4.69) is 43.4 Å². The maximum Gasteiger partial charge on any atom is 0.0914 e. The highest BCUT2D eigenvalue weighted by atomic mass is 16.3. The molecule has 1 aromatic carbocycles. The Balaban J connectivity index is 1.83. The highest BCUT2D eigenvalue weighted by molar-refractivity contribution is 5.24. The Kier molecular flexibility index (Phi) is 6.06. The van der Waals surface area contributed by atoms with Crippen molar-refractivity contribution in [3.63, 3.8) is 0 Å². The van der Waals surface area contributed by atoms with Gasteiger partial charge in [0.15, 0.2) is 0 Å². The summed E-state index contributed by atoms with van der Waals surface area (Å²) < 4.78 is 0. The Morgan fingerprint density at radius 2 is 1.90 bits per heavy atom. The molecule has 2 N–H and O–H groups in total. The molecule has 1 fully saturated rings. The summed E-state index contributed by atoms with van der Waals surface area (Å²) in [4.78, 5) is 0. The van der Waals surface area contributed by atoms with Crippen LogP contribution in [0.25, 0.3) is 0 Å². The van der Waals surface area contributed by atoms with Crippen LogP contribution in [0.1, 0.15) is 63.2 Å². The van der Waals surface area contributed by atoms with E-state index in [1.54, 1.807) is 0 Å². The van der Waals surface area contributed by atoms with Crippen LogP contribution in [0.5, 0.6) is 0 Å². The van der Waals surface area contributed by atoms with Gasteiger partial charge in [0.05, 0.1) is 6.10 Å². The van der Waals surface area contributed by atoms with E-state index in [1.807, 2.05) is 0 Å². The van der Waals surface area contributed by atoms with Gasteiger partial charge < -0.3 is 10.4 Å². The van der Waals surface area contributed by atoms with Crippen molar-refractivity contribution >= 4 is 0 Å². The molecule has 112 valence electrons. The number of aliphatic hydroxyl groups excluding tert-OH is 1. The SMILES string of the molecule is CCCc1ccc(C(O)CNC2CCCCC2C)cc1. The van der Waals surface area contributed by atoms with Crippen molar-refractivity contribution in [2.75, 3.05) is 6.54 Å². The first-order chi connectivity index (χ1) is 9.70. The monoisotopic (exact) mass is 275 g/mol. The minimum atomic E-state index is -0.389. The molecule has 2 heteroatoms. The molecule has 0 aromatic heterocycles. The van der Waals surface area contributed by atoms with E-state index in [0.717, 1.165) is 17.9 Å². The molecule has 0 bridgehead atoms. The molecule has 1 aliphatic rings. The van der Waals surface area contributed by atoms with Crippen molar-refractivity contribution in [2.24, 2.45) is 5.92 Å². The van der Waals surface area contributed by atoms with E-state index in [1.165, 1.54) is 37.7 Å². The second-order valence-corrected chi connectivity index (χ2v) is 6.28. The van der Waals surface area contributed by atoms with Crippen LogP contribution in [0.2, 0.25) is 0 Å². The number of hydrogen-bond acceptors (Lipinski definition) is 2. The molecule has 0 amide bonds. The molecule has 3 unspecified atom stereocenters. The van der Waals surface area contributed by atoms with Crippen LogP contribution < -0.4 is 5.32 Å². The molecule has 0 aliphatic heterocycles. The number of rotatable bonds is 6. The molecule has 1 saturated carbocycles. The molecule has 3 atom stereocenters. The van der Waals surface area contributed by atoms with Gasteiger partial charge in [-0.1, -0.05) is 57.4 Å². The number of nitrogens with one attached hydrogen (secondary N) is 1. The second-order valence-electron chi connectivity index (χ2n) is 6.28. The predicted molar refractivity (Wildman–Crippen MR) is 84.8 cm³/mol. The fourth-order valence-electron chi connectivity index (χ4n) is 3.20. The minimum Gasteiger partial charge on any atom is -0.387 e. The lowest BCUT2D eigenvalue weighted by atomic mass is 9.86.